The van der Waals surface area contributed by atoms with Crippen molar-refractivity contribution in [3.63, 3.8) is 0 Å². The van der Waals surface area contributed by atoms with E-state index in [9.17, 15) is 9.59 Å². The minimum Gasteiger partial charge on any atom is -0.348 e. The number of aryl methyl sites for hydroxylation is 1. The van der Waals surface area contributed by atoms with Crippen molar-refractivity contribution in [2.75, 3.05) is 4.90 Å². The Morgan fingerprint density at radius 1 is 1.11 bits per heavy atom. The summed E-state index contributed by atoms with van der Waals surface area (Å²) in [6.07, 6.45) is 3.11. The Bertz CT molecular complexity index is 996. The van der Waals surface area contributed by atoms with Crippen LogP contribution in [0.4, 0.5) is 10.8 Å². The Hall–Kier alpha value is -3.25. The van der Waals surface area contributed by atoms with Crippen molar-refractivity contribution >= 4 is 40.0 Å². The first-order valence-corrected chi connectivity index (χ1v) is 9.74. The lowest BCUT2D eigenvalue weighted by molar-refractivity contribution is -0.117. The molecule has 0 aliphatic heterocycles. The van der Waals surface area contributed by atoms with Crippen molar-refractivity contribution < 1.29 is 9.59 Å². The summed E-state index contributed by atoms with van der Waals surface area (Å²) < 4.78 is 0. The summed E-state index contributed by atoms with van der Waals surface area (Å²) in [5.74, 6) is -0.309. The summed E-state index contributed by atoms with van der Waals surface area (Å²) in [4.78, 5) is 30.2. The standard InChI is InChI=1S/C22H21N3O2S/c1-16-8-6-7-9-18(16)14-23-21(27)13-12-19-15-28-22(24-19)25(17(2)26)20-10-4-3-5-11-20/h3-13,15H,14H2,1-2H3,(H,23,27). The SMILES string of the molecule is CC(=O)N(c1ccccc1)c1nc(C=CC(=O)NCc2ccccc2C)cs1. The number of aromatic nitrogens is 1. The van der Waals surface area contributed by atoms with Crippen molar-refractivity contribution in [3.8, 4) is 0 Å². The number of hydrogen-bond acceptors (Lipinski definition) is 4. The number of rotatable bonds is 6. The molecule has 0 fully saturated rings. The zero-order chi connectivity index (χ0) is 19.9. The molecule has 3 aromatic rings. The number of carbonyl (C=O) groups is 2. The molecule has 0 aliphatic carbocycles. The summed E-state index contributed by atoms with van der Waals surface area (Å²) in [7, 11) is 0. The van der Waals surface area contributed by atoms with E-state index >= 15 is 0 Å². The molecule has 0 bridgehead atoms. The van der Waals surface area contributed by atoms with Crippen molar-refractivity contribution in [1.29, 1.82) is 0 Å². The van der Waals surface area contributed by atoms with E-state index in [2.05, 4.69) is 10.3 Å². The van der Waals surface area contributed by atoms with E-state index in [1.807, 2.05) is 66.9 Å². The topological polar surface area (TPSA) is 62.3 Å². The zero-order valence-corrected chi connectivity index (χ0v) is 16.6. The van der Waals surface area contributed by atoms with Crippen molar-refractivity contribution in [2.24, 2.45) is 0 Å². The van der Waals surface area contributed by atoms with Crippen molar-refractivity contribution in [2.45, 2.75) is 20.4 Å². The van der Waals surface area contributed by atoms with Gasteiger partial charge in [0.05, 0.1) is 11.4 Å². The lowest BCUT2D eigenvalue weighted by Crippen LogP contribution is -2.22. The largest absolute Gasteiger partial charge is 0.348 e. The third-order valence-corrected chi connectivity index (χ3v) is 4.99. The number of para-hydroxylation sites is 1. The van der Waals surface area contributed by atoms with Gasteiger partial charge in [-0.15, -0.1) is 11.3 Å². The van der Waals surface area contributed by atoms with Crippen LogP contribution in [0.3, 0.4) is 0 Å². The molecule has 142 valence electrons. The first-order chi connectivity index (χ1) is 13.5. The van der Waals surface area contributed by atoms with Crippen LogP contribution in [-0.4, -0.2) is 16.8 Å². The summed E-state index contributed by atoms with van der Waals surface area (Å²) in [5.41, 5.74) is 3.62. The second-order valence-corrected chi connectivity index (χ2v) is 7.06. The molecular formula is C22H21N3O2S. The maximum absolute atomic E-state index is 12.1. The minimum absolute atomic E-state index is 0.118. The Labute approximate surface area is 168 Å². The van der Waals surface area contributed by atoms with Gasteiger partial charge in [0.2, 0.25) is 11.8 Å². The van der Waals surface area contributed by atoms with Crippen LogP contribution in [0.15, 0.2) is 66.1 Å². The third kappa shape index (κ3) is 4.92. The molecule has 3 rings (SSSR count). The normalized spacial score (nSPS) is 10.8. The molecule has 0 unspecified atom stereocenters. The Kier molecular flexibility index (Phi) is 6.34. The molecule has 0 saturated heterocycles. The Morgan fingerprint density at radius 3 is 2.54 bits per heavy atom. The quantitative estimate of drug-likeness (QED) is 0.631. The lowest BCUT2D eigenvalue weighted by Gasteiger charge is -2.17. The molecule has 0 spiro atoms. The zero-order valence-electron chi connectivity index (χ0n) is 15.8. The van der Waals surface area contributed by atoms with E-state index in [0.717, 1.165) is 16.8 Å². The lowest BCUT2D eigenvalue weighted by atomic mass is 10.1. The average molecular weight is 391 g/mol. The van der Waals surface area contributed by atoms with Crippen molar-refractivity contribution in [1.82, 2.24) is 10.3 Å². The van der Waals surface area contributed by atoms with E-state index in [1.165, 1.54) is 24.3 Å². The third-order valence-electron chi connectivity index (χ3n) is 4.15. The highest BCUT2D eigenvalue weighted by atomic mass is 32.1. The fourth-order valence-electron chi connectivity index (χ4n) is 2.67. The smallest absolute Gasteiger partial charge is 0.244 e. The summed E-state index contributed by atoms with van der Waals surface area (Å²) >= 11 is 1.36. The summed E-state index contributed by atoms with van der Waals surface area (Å²) in [5, 5.41) is 5.26. The molecular weight excluding hydrogens is 370 g/mol. The fraction of sp³-hybridized carbons (Fsp3) is 0.136. The van der Waals surface area contributed by atoms with Gasteiger partial charge in [-0.3, -0.25) is 14.5 Å². The minimum atomic E-state index is -0.190. The molecule has 0 atom stereocenters. The van der Waals surface area contributed by atoms with E-state index in [1.54, 1.807) is 11.0 Å². The number of thiazole rings is 1. The van der Waals surface area contributed by atoms with Crippen LogP contribution in [0, 0.1) is 6.92 Å². The van der Waals surface area contributed by atoms with E-state index in [0.29, 0.717) is 17.4 Å². The van der Waals surface area contributed by atoms with Gasteiger partial charge in [-0.25, -0.2) is 4.98 Å². The Balaban J connectivity index is 1.65. The van der Waals surface area contributed by atoms with Gasteiger partial charge >= 0.3 is 0 Å². The van der Waals surface area contributed by atoms with E-state index < -0.39 is 0 Å². The predicted octanol–water partition coefficient (Wildman–Crippen LogP) is 4.47. The maximum Gasteiger partial charge on any atom is 0.244 e. The average Bonchev–Trinajstić information content (AvgIpc) is 3.15. The van der Waals surface area contributed by atoms with Crippen LogP contribution in [0.5, 0.6) is 0 Å². The molecule has 6 heteroatoms. The number of amides is 2. The second kappa shape index (κ2) is 9.10. The molecule has 1 heterocycles. The van der Waals surface area contributed by atoms with Gasteiger partial charge < -0.3 is 5.32 Å². The van der Waals surface area contributed by atoms with Gasteiger partial charge in [0, 0.05) is 24.9 Å². The van der Waals surface area contributed by atoms with Gasteiger partial charge in [-0.2, -0.15) is 0 Å². The molecule has 2 amide bonds. The predicted molar refractivity (Wildman–Crippen MR) is 113 cm³/mol. The fourth-order valence-corrected chi connectivity index (χ4v) is 3.53. The number of nitrogens with one attached hydrogen (secondary N) is 1. The molecule has 0 saturated carbocycles. The Morgan fingerprint density at radius 2 is 1.82 bits per heavy atom. The van der Waals surface area contributed by atoms with Gasteiger partial charge in [0.25, 0.3) is 0 Å². The van der Waals surface area contributed by atoms with E-state index in [-0.39, 0.29) is 11.8 Å². The summed E-state index contributed by atoms with van der Waals surface area (Å²) in [6, 6.07) is 17.3. The van der Waals surface area contributed by atoms with Gasteiger partial charge in [0.1, 0.15) is 0 Å². The highest BCUT2D eigenvalue weighted by molar-refractivity contribution is 7.14. The van der Waals surface area contributed by atoms with Crippen molar-refractivity contribution in [3.05, 3.63) is 82.9 Å². The highest BCUT2D eigenvalue weighted by Gasteiger charge is 2.17. The monoisotopic (exact) mass is 391 g/mol. The molecule has 2 aromatic carbocycles. The number of hydrogen-bond donors (Lipinski definition) is 1. The number of benzene rings is 2. The number of nitrogens with zero attached hydrogens (tertiary/aromatic N) is 2. The molecule has 0 radical (unpaired) electrons. The van der Waals surface area contributed by atoms with Gasteiger partial charge in [0.15, 0.2) is 5.13 Å². The highest BCUT2D eigenvalue weighted by Crippen LogP contribution is 2.28. The van der Waals surface area contributed by atoms with Crippen LogP contribution >= 0.6 is 11.3 Å². The summed E-state index contributed by atoms with van der Waals surface area (Å²) in [6.45, 7) is 3.99. The van der Waals surface area contributed by atoms with Crippen LogP contribution < -0.4 is 10.2 Å². The molecule has 1 aromatic heterocycles. The molecule has 28 heavy (non-hydrogen) atoms. The molecule has 5 nitrogen and oxygen atoms in total. The maximum atomic E-state index is 12.1. The molecule has 1 N–H and O–H groups in total. The first-order valence-electron chi connectivity index (χ1n) is 8.86. The van der Waals surface area contributed by atoms with Gasteiger partial charge in [-0.1, -0.05) is 42.5 Å². The van der Waals surface area contributed by atoms with Crippen LogP contribution in [-0.2, 0) is 16.1 Å². The van der Waals surface area contributed by atoms with Gasteiger partial charge in [-0.05, 0) is 36.3 Å². The first kappa shape index (κ1) is 19.5. The van der Waals surface area contributed by atoms with Crippen LogP contribution in [0.1, 0.15) is 23.7 Å². The van der Waals surface area contributed by atoms with Crippen LogP contribution in [0.25, 0.3) is 6.08 Å². The number of anilines is 2. The van der Waals surface area contributed by atoms with E-state index in [4.69, 9.17) is 0 Å². The number of carbonyl (C=O) groups excluding carboxylic acids is 2. The molecule has 0 aliphatic rings. The second-order valence-electron chi connectivity index (χ2n) is 6.22. The van der Waals surface area contributed by atoms with Crippen LogP contribution in [0.2, 0.25) is 0 Å².